The van der Waals surface area contributed by atoms with Gasteiger partial charge in [0.25, 0.3) is 0 Å². The molecule has 3 rings (SSSR count). The molecule has 0 radical (unpaired) electrons. The highest BCUT2D eigenvalue weighted by Crippen LogP contribution is 2.28. The van der Waals surface area contributed by atoms with E-state index in [1.54, 1.807) is 0 Å². The Balaban J connectivity index is 1.61. The topological polar surface area (TPSA) is 53.1 Å². The number of nitrogens with zero attached hydrogens (tertiary/aromatic N) is 3. The maximum absolute atomic E-state index is 4.28. The fourth-order valence-electron chi connectivity index (χ4n) is 3.82. The molecule has 2 N–H and O–H groups in total. The van der Waals surface area contributed by atoms with Crippen molar-refractivity contribution in [2.75, 3.05) is 30.4 Å². The third-order valence-corrected chi connectivity index (χ3v) is 5.33. The van der Waals surface area contributed by atoms with Crippen molar-refractivity contribution in [3.63, 3.8) is 0 Å². The molecule has 1 aliphatic heterocycles. The lowest BCUT2D eigenvalue weighted by Gasteiger charge is -2.28. The van der Waals surface area contributed by atoms with Gasteiger partial charge < -0.3 is 15.5 Å². The molecular formula is C17H29N5. The van der Waals surface area contributed by atoms with Gasteiger partial charge in [-0.05, 0) is 39.2 Å². The van der Waals surface area contributed by atoms with E-state index in [0.29, 0.717) is 12.1 Å². The molecule has 2 atom stereocenters. The van der Waals surface area contributed by atoms with Crippen LogP contribution in [-0.2, 0) is 0 Å². The Morgan fingerprint density at radius 3 is 2.77 bits per heavy atom. The number of nitrogens with one attached hydrogen (secondary N) is 2. The van der Waals surface area contributed by atoms with Crippen LogP contribution in [-0.4, -0.2) is 42.4 Å². The molecule has 0 bridgehead atoms. The second-order valence-corrected chi connectivity index (χ2v) is 6.85. The summed E-state index contributed by atoms with van der Waals surface area (Å²) in [5.74, 6) is 1.70. The van der Waals surface area contributed by atoms with Crippen molar-refractivity contribution in [1.29, 1.82) is 0 Å². The molecule has 1 saturated carbocycles. The van der Waals surface area contributed by atoms with Crippen molar-refractivity contribution in [2.45, 2.75) is 57.5 Å². The molecule has 1 saturated heterocycles. The molecule has 5 nitrogen and oxygen atoms in total. The van der Waals surface area contributed by atoms with Crippen LogP contribution in [0.25, 0.3) is 0 Å². The Morgan fingerprint density at radius 2 is 2.05 bits per heavy atom. The number of hydrogen-bond donors (Lipinski definition) is 2. The van der Waals surface area contributed by atoms with Crippen LogP contribution in [0.15, 0.2) is 12.3 Å². The minimum Gasteiger partial charge on any atom is -0.369 e. The van der Waals surface area contributed by atoms with E-state index < -0.39 is 0 Å². The summed E-state index contributed by atoms with van der Waals surface area (Å²) in [6.07, 6.45) is 9.92. The molecule has 0 unspecified atom stereocenters. The molecule has 1 aliphatic carbocycles. The first-order valence-corrected chi connectivity index (χ1v) is 8.77. The van der Waals surface area contributed by atoms with Crippen molar-refractivity contribution in [1.82, 2.24) is 15.5 Å². The van der Waals surface area contributed by atoms with E-state index in [0.717, 1.165) is 24.8 Å². The molecule has 0 amide bonds. The highest BCUT2D eigenvalue weighted by atomic mass is 15.2. The number of rotatable bonds is 5. The number of aromatic nitrogens is 2. The average Bonchev–Trinajstić information content (AvgIpc) is 3.05. The number of anilines is 2. The van der Waals surface area contributed by atoms with E-state index in [4.69, 9.17) is 0 Å². The normalized spacial score (nSPS) is 24.5. The second-order valence-electron chi connectivity index (χ2n) is 6.85. The van der Waals surface area contributed by atoms with Crippen molar-refractivity contribution in [2.24, 2.45) is 5.92 Å². The summed E-state index contributed by atoms with van der Waals surface area (Å²) >= 11 is 0. The van der Waals surface area contributed by atoms with Gasteiger partial charge in [-0.15, -0.1) is 5.10 Å². The van der Waals surface area contributed by atoms with Gasteiger partial charge in [-0.3, -0.25) is 0 Å². The molecule has 0 aromatic carbocycles. The van der Waals surface area contributed by atoms with Gasteiger partial charge in [0.05, 0.1) is 11.9 Å². The van der Waals surface area contributed by atoms with Crippen LogP contribution in [0, 0.1) is 5.92 Å². The summed E-state index contributed by atoms with van der Waals surface area (Å²) < 4.78 is 0. The quantitative estimate of drug-likeness (QED) is 0.876. The minimum absolute atomic E-state index is 0.480. The zero-order valence-corrected chi connectivity index (χ0v) is 13.9. The summed E-state index contributed by atoms with van der Waals surface area (Å²) in [5.41, 5.74) is 1.19. The maximum atomic E-state index is 4.28. The van der Waals surface area contributed by atoms with Crippen molar-refractivity contribution < 1.29 is 0 Å². The van der Waals surface area contributed by atoms with E-state index in [9.17, 15) is 0 Å². The van der Waals surface area contributed by atoms with Gasteiger partial charge in [-0.1, -0.05) is 19.3 Å². The van der Waals surface area contributed by atoms with Crippen LogP contribution >= 0.6 is 0 Å². The van der Waals surface area contributed by atoms with Gasteiger partial charge in [0.2, 0.25) is 0 Å². The standard InChI is InChI=1S/C17H29N5/c1-13(14-6-4-3-5-7-14)20-17-10-16(11-19-21-17)22-9-8-15(12-22)18-2/h10-11,13-15,18H,3-9,12H2,1-2H3,(H,20,21)/t13-,15-/m1/s1. The highest BCUT2D eigenvalue weighted by Gasteiger charge is 2.23. The number of likely N-dealkylation sites (N-methyl/N-ethyl adjacent to an activating group) is 1. The van der Waals surface area contributed by atoms with E-state index in [1.807, 2.05) is 13.2 Å². The van der Waals surface area contributed by atoms with Gasteiger partial charge in [0, 0.05) is 31.2 Å². The Bertz CT molecular complexity index is 472. The van der Waals surface area contributed by atoms with Crippen LogP contribution in [0.5, 0.6) is 0 Å². The van der Waals surface area contributed by atoms with Gasteiger partial charge in [0.1, 0.15) is 0 Å². The molecule has 122 valence electrons. The van der Waals surface area contributed by atoms with Gasteiger partial charge in [-0.25, -0.2) is 0 Å². The Labute approximate surface area is 133 Å². The Morgan fingerprint density at radius 1 is 1.23 bits per heavy atom. The zero-order chi connectivity index (χ0) is 15.4. The van der Waals surface area contributed by atoms with Gasteiger partial charge in [-0.2, -0.15) is 5.10 Å². The van der Waals surface area contributed by atoms with Crippen molar-refractivity contribution in [3.8, 4) is 0 Å². The molecule has 5 heteroatoms. The molecule has 1 aromatic rings. The van der Waals surface area contributed by atoms with Crippen molar-refractivity contribution >= 4 is 11.5 Å². The molecule has 22 heavy (non-hydrogen) atoms. The lowest BCUT2D eigenvalue weighted by Crippen LogP contribution is -2.30. The predicted octanol–water partition coefficient (Wildman–Crippen LogP) is 2.66. The molecule has 1 aromatic heterocycles. The lowest BCUT2D eigenvalue weighted by molar-refractivity contribution is 0.328. The monoisotopic (exact) mass is 303 g/mol. The maximum Gasteiger partial charge on any atom is 0.150 e. The minimum atomic E-state index is 0.480. The second kappa shape index (κ2) is 7.27. The van der Waals surface area contributed by atoms with E-state index >= 15 is 0 Å². The van der Waals surface area contributed by atoms with Crippen LogP contribution < -0.4 is 15.5 Å². The molecule has 0 spiro atoms. The van der Waals surface area contributed by atoms with E-state index in [2.05, 4.69) is 38.7 Å². The largest absolute Gasteiger partial charge is 0.369 e. The van der Waals surface area contributed by atoms with Gasteiger partial charge >= 0.3 is 0 Å². The SMILES string of the molecule is CN[C@@H]1CCN(c2cnnc(N[C@H](C)C3CCCCC3)c2)C1. The first kappa shape index (κ1) is 15.5. The first-order valence-electron chi connectivity index (χ1n) is 8.77. The third kappa shape index (κ3) is 3.69. The smallest absolute Gasteiger partial charge is 0.150 e. The lowest BCUT2D eigenvalue weighted by atomic mass is 9.84. The van der Waals surface area contributed by atoms with E-state index in [-0.39, 0.29) is 0 Å². The first-order chi connectivity index (χ1) is 10.8. The summed E-state index contributed by atoms with van der Waals surface area (Å²) in [7, 11) is 2.04. The van der Waals surface area contributed by atoms with Gasteiger partial charge in [0.15, 0.2) is 5.82 Å². The van der Waals surface area contributed by atoms with Crippen LogP contribution in [0.3, 0.4) is 0 Å². The Kier molecular flexibility index (Phi) is 5.13. The molecule has 2 aliphatic rings. The number of hydrogen-bond acceptors (Lipinski definition) is 5. The van der Waals surface area contributed by atoms with Crippen LogP contribution in [0.4, 0.5) is 11.5 Å². The summed E-state index contributed by atoms with van der Waals surface area (Å²) in [6.45, 7) is 4.44. The Hall–Kier alpha value is -1.36. The average molecular weight is 303 g/mol. The van der Waals surface area contributed by atoms with Crippen molar-refractivity contribution in [3.05, 3.63) is 12.3 Å². The molecule has 2 heterocycles. The fraction of sp³-hybridized carbons (Fsp3) is 0.765. The van der Waals surface area contributed by atoms with E-state index in [1.165, 1.54) is 44.2 Å². The molecular weight excluding hydrogens is 274 g/mol. The zero-order valence-electron chi connectivity index (χ0n) is 13.9. The van der Waals surface area contributed by atoms with Crippen LogP contribution in [0.2, 0.25) is 0 Å². The predicted molar refractivity (Wildman–Crippen MR) is 91.4 cm³/mol. The fourth-order valence-corrected chi connectivity index (χ4v) is 3.82. The highest BCUT2D eigenvalue weighted by molar-refractivity contribution is 5.53. The summed E-state index contributed by atoms with van der Waals surface area (Å²) in [5, 5.41) is 15.4. The molecule has 2 fully saturated rings. The summed E-state index contributed by atoms with van der Waals surface area (Å²) in [6, 6.07) is 3.23. The third-order valence-electron chi connectivity index (χ3n) is 5.33. The summed E-state index contributed by atoms with van der Waals surface area (Å²) in [4.78, 5) is 2.40. The van der Waals surface area contributed by atoms with Crippen LogP contribution in [0.1, 0.15) is 45.4 Å².